The second-order valence-corrected chi connectivity index (χ2v) is 7.02. The van der Waals surface area contributed by atoms with Crippen LogP contribution >= 0.6 is 0 Å². The van der Waals surface area contributed by atoms with E-state index in [4.69, 9.17) is 4.74 Å². The van der Waals surface area contributed by atoms with Gasteiger partial charge in [0.2, 0.25) is 5.82 Å². The van der Waals surface area contributed by atoms with E-state index in [0.29, 0.717) is 5.56 Å². The molecule has 0 saturated carbocycles. The molecule has 0 atom stereocenters. The number of hydrogen-bond acceptors (Lipinski definition) is 1. The zero-order valence-electron chi connectivity index (χ0n) is 16.8. The van der Waals surface area contributed by atoms with Crippen LogP contribution < -0.4 is 4.74 Å². The predicted molar refractivity (Wildman–Crippen MR) is 112 cm³/mol. The molecular formula is C25H25F3O. The number of benzene rings is 3. The van der Waals surface area contributed by atoms with E-state index >= 15 is 0 Å². The van der Waals surface area contributed by atoms with Crippen molar-refractivity contribution >= 4 is 0 Å². The monoisotopic (exact) mass is 398 g/mol. The van der Waals surface area contributed by atoms with Gasteiger partial charge in [-0.25, -0.2) is 8.78 Å². The maximum Gasteiger partial charge on any atom is 0.201 e. The summed E-state index contributed by atoms with van der Waals surface area (Å²) in [6.07, 6.45) is 4.52. The van der Waals surface area contributed by atoms with Crippen molar-refractivity contribution in [2.24, 2.45) is 0 Å². The third-order valence-corrected chi connectivity index (χ3v) is 4.96. The first-order chi connectivity index (χ1) is 14.0. The van der Waals surface area contributed by atoms with Gasteiger partial charge in [-0.2, -0.15) is 4.39 Å². The van der Waals surface area contributed by atoms with Crippen LogP contribution in [-0.4, -0.2) is 6.61 Å². The molecule has 4 heteroatoms. The lowest BCUT2D eigenvalue weighted by molar-refractivity contribution is 0.314. The highest BCUT2D eigenvalue weighted by atomic mass is 19.2. The number of unbranched alkanes of at least 4 members (excludes halogenated alkanes) is 2. The van der Waals surface area contributed by atoms with Crippen molar-refractivity contribution in [3.05, 3.63) is 77.6 Å². The van der Waals surface area contributed by atoms with Crippen LogP contribution in [0.5, 0.6) is 5.75 Å². The molecule has 0 radical (unpaired) electrons. The van der Waals surface area contributed by atoms with Gasteiger partial charge in [0.1, 0.15) is 5.82 Å². The van der Waals surface area contributed by atoms with E-state index < -0.39 is 17.5 Å². The Morgan fingerprint density at radius 3 is 2.07 bits per heavy atom. The van der Waals surface area contributed by atoms with Crippen LogP contribution in [0.25, 0.3) is 22.3 Å². The molecule has 3 aromatic carbocycles. The van der Waals surface area contributed by atoms with Crippen molar-refractivity contribution in [1.29, 1.82) is 0 Å². The summed E-state index contributed by atoms with van der Waals surface area (Å²) in [5, 5.41) is 0. The zero-order valence-corrected chi connectivity index (χ0v) is 16.8. The molecule has 0 bridgehead atoms. The fraction of sp³-hybridized carbons (Fsp3) is 0.280. The molecule has 0 aliphatic carbocycles. The number of rotatable bonds is 8. The molecule has 0 saturated heterocycles. The van der Waals surface area contributed by atoms with Gasteiger partial charge >= 0.3 is 0 Å². The van der Waals surface area contributed by atoms with Crippen molar-refractivity contribution in [2.45, 2.75) is 39.5 Å². The highest BCUT2D eigenvalue weighted by Gasteiger charge is 2.17. The van der Waals surface area contributed by atoms with E-state index in [1.807, 2.05) is 24.3 Å². The summed E-state index contributed by atoms with van der Waals surface area (Å²) in [5.74, 6) is -2.73. The molecule has 0 N–H and O–H groups in total. The number of ether oxygens (including phenoxy) is 1. The zero-order chi connectivity index (χ0) is 20.8. The van der Waals surface area contributed by atoms with Gasteiger partial charge in [0.05, 0.1) is 6.61 Å². The number of aryl methyl sites for hydroxylation is 1. The average Bonchev–Trinajstić information content (AvgIpc) is 2.72. The first kappa shape index (κ1) is 21.0. The molecular weight excluding hydrogens is 373 g/mol. The van der Waals surface area contributed by atoms with E-state index in [-0.39, 0.29) is 23.5 Å². The molecule has 0 aliphatic rings. The first-order valence-corrected chi connectivity index (χ1v) is 10.0. The van der Waals surface area contributed by atoms with Gasteiger partial charge in [-0.3, -0.25) is 0 Å². The maximum absolute atomic E-state index is 14.8. The quantitative estimate of drug-likeness (QED) is 0.356. The highest BCUT2D eigenvalue weighted by molar-refractivity contribution is 5.72. The van der Waals surface area contributed by atoms with Crippen LogP contribution in [0.3, 0.4) is 0 Å². The van der Waals surface area contributed by atoms with E-state index in [0.717, 1.165) is 18.4 Å². The van der Waals surface area contributed by atoms with Crippen LogP contribution in [0.2, 0.25) is 0 Å². The third-order valence-electron chi connectivity index (χ3n) is 4.96. The minimum atomic E-state index is -1.06. The molecule has 29 heavy (non-hydrogen) atoms. The Morgan fingerprint density at radius 2 is 1.41 bits per heavy atom. The van der Waals surface area contributed by atoms with Crippen LogP contribution in [0, 0.1) is 17.5 Å². The molecule has 0 spiro atoms. The fourth-order valence-electron chi connectivity index (χ4n) is 3.37. The molecule has 3 rings (SSSR count). The van der Waals surface area contributed by atoms with Crippen molar-refractivity contribution < 1.29 is 17.9 Å². The molecule has 0 aliphatic heterocycles. The molecule has 0 aromatic heterocycles. The van der Waals surface area contributed by atoms with Gasteiger partial charge in [-0.1, -0.05) is 56.2 Å². The van der Waals surface area contributed by atoms with Gasteiger partial charge in [-0.15, -0.1) is 0 Å². The fourth-order valence-corrected chi connectivity index (χ4v) is 3.37. The molecule has 0 amide bonds. The second kappa shape index (κ2) is 9.64. The van der Waals surface area contributed by atoms with Gasteiger partial charge in [0.15, 0.2) is 11.6 Å². The Labute approximate surface area is 170 Å². The SMILES string of the molecule is CCCCCc1ccc(-c2ccc(-c3ccc(OCC)c(F)c3F)cc2F)cc1. The van der Waals surface area contributed by atoms with Gasteiger partial charge in [-0.05, 0) is 54.7 Å². The lowest BCUT2D eigenvalue weighted by atomic mass is 9.97. The molecule has 0 heterocycles. The van der Waals surface area contributed by atoms with Crippen molar-refractivity contribution in [1.82, 2.24) is 0 Å². The standard InChI is InChI=1S/C25H25F3O/c1-3-5-6-7-17-8-10-18(11-9-17)20-13-12-19(16-22(20)26)21-14-15-23(29-4-2)25(28)24(21)27/h8-16H,3-7H2,1-2H3. The Kier molecular flexibility index (Phi) is 6.97. The van der Waals surface area contributed by atoms with E-state index in [1.54, 1.807) is 19.1 Å². The van der Waals surface area contributed by atoms with Crippen molar-refractivity contribution in [3.63, 3.8) is 0 Å². The second-order valence-electron chi connectivity index (χ2n) is 7.02. The van der Waals surface area contributed by atoms with Gasteiger partial charge in [0.25, 0.3) is 0 Å². The molecule has 1 nitrogen and oxygen atoms in total. The van der Waals surface area contributed by atoms with Crippen LogP contribution in [0.1, 0.15) is 38.7 Å². The number of hydrogen-bond donors (Lipinski definition) is 0. The van der Waals surface area contributed by atoms with Gasteiger partial charge < -0.3 is 4.74 Å². The summed E-state index contributed by atoms with van der Waals surface area (Å²) in [6.45, 7) is 4.09. The Bertz CT molecular complexity index is 965. The van der Waals surface area contributed by atoms with E-state index in [1.165, 1.54) is 36.6 Å². The molecule has 3 aromatic rings. The Morgan fingerprint density at radius 1 is 0.724 bits per heavy atom. The summed E-state index contributed by atoms with van der Waals surface area (Å²) >= 11 is 0. The van der Waals surface area contributed by atoms with E-state index in [2.05, 4.69) is 6.92 Å². The van der Waals surface area contributed by atoms with E-state index in [9.17, 15) is 13.2 Å². The summed E-state index contributed by atoms with van der Waals surface area (Å²) in [5.41, 5.74) is 2.70. The smallest absolute Gasteiger partial charge is 0.201 e. The summed E-state index contributed by atoms with van der Waals surface area (Å²) in [7, 11) is 0. The lowest BCUT2D eigenvalue weighted by Crippen LogP contribution is -1.99. The summed E-state index contributed by atoms with van der Waals surface area (Å²) in [6, 6.07) is 15.0. The predicted octanol–water partition coefficient (Wildman–Crippen LogP) is 7.57. The normalized spacial score (nSPS) is 10.9. The molecule has 0 unspecified atom stereocenters. The molecule has 0 fully saturated rings. The van der Waals surface area contributed by atoms with Crippen LogP contribution in [0.4, 0.5) is 13.2 Å². The van der Waals surface area contributed by atoms with Gasteiger partial charge in [0, 0.05) is 11.1 Å². The minimum absolute atomic E-state index is 0.00248. The first-order valence-electron chi connectivity index (χ1n) is 10.0. The largest absolute Gasteiger partial charge is 0.491 e. The average molecular weight is 398 g/mol. The maximum atomic E-state index is 14.8. The number of halogens is 3. The van der Waals surface area contributed by atoms with Crippen molar-refractivity contribution in [3.8, 4) is 28.0 Å². The third kappa shape index (κ3) is 4.81. The Hall–Kier alpha value is -2.75. The van der Waals surface area contributed by atoms with Crippen molar-refractivity contribution in [2.75, 3.05) is 6.61 Å². The topological polar surface area (TPSA) is 9.23 Å². The molecule has 152 valence electrons. The van der Waals surface area contributed by atoms with Crippen LogP contribution in [-0.2, 0) is 6.42 Å². The minimum Gasteiger partial charge on any atom is -0.491 e. The summed E-state index contributed by atoms with van der Waals surface area (Å²) < 4.78 is 48.4. The van der Waals surface area contributed by atoms with Crippen LogP contribution in [0.15, 0.2) is 54.6 Å². The lowest BCUT2D eigenvalue weighted by Gasteiger charge is -2.11. The Balaban J connectivity index is 1.85. The summed E-state index contributed by atoms with van der Waals surface area (Å²) in [4.78, 5) is 0. The highest BCUT2D eigenvalue weighted by Crippen LogP contribution is 2.33.